The maximum atomic E-state index is 5.22. The predicted molar refractivity (Wildman–Crippen MR) is 72.3 cm³/mol. The van der Waals surface area contributed by atoms with Gasteiger partial charge in [0.2, 0.25) is 6.21 Å². The van der Waals surface area contributed by atoms with Crippen LogP contribution in [0.1, 0.15) is 24.1 Å². The molecule has 1 fully saturated rings. The van der Waals surface area contributed by atoms with Crippen LogP contribution in [0.25, 0.3) is 0 Å². The first kappa shape index (κ1) is 11.9. The Morgan fingerprint density at radius 2 is 2.06 bits per heavy atom. The van der Waals surface area contributed by atoms with Crippen LogP contribution < -0.4 is 21.5 Å². The van der Waals surface area contributed by atoms with Crippen LogP contribution in [0.3, 0.4) is 0 Å². The first-order valence-corrected chi connectivity index (χ1v) is 6.59. The lowest BCUT2D eigenvalue weighted by Crippen LogP contribution is -2.63. The van der Waals surface area contributed by atoms with Crippen LogP contribution in [-0.4, -0.2) is 25.3 Å². The number of piperidine rings is 1. The molecule has 0 aliphatic carbocycles. The number of anilines is 1. The fourth-order valence-electron chi connectivity index (χ4n) is 1.87. The van der Waals surface area contributed by atoms with E-state index in [4.69, 9.17) is 11.5 Å². The van der Waals surface area contributed by atoms with Crippen molar-refractivity contribution in [3.05, 3.63) is 17.0 Å². The van der Waals surface area contributed by atoms with Crippen molar-refractivity contribution in [1.29, 1.82) is 0 Å². The van der Waals surface area contributed by atoms with Crippen molar-refractivity contribution in [2.75, 3.05) is 18.0 Å². The van der Waals surface area contributed by atoms with E-state index in [1.165, 1.54) is 37.4 Å². The summed E-state index contributed by atoms with van der Waals surface area (Å²) in [6.45, 7) is 2.34. The maximum Gasteiger partial charge on any atom is 0.256 e. The quantitative estimate of drug-likeness (QED) is 0.383. The van der Waals surface area contributed by atoms with E-state index in [-0.39, 0.29) is 5.96 Å². The van der Waals surface area contributed by atoms with E-state index in [1.807, 2.05) is 0 Å². The molecule has 0 aromatic carbocycles. The van der Waals surface area contributed by atoms with Gasteiger partial charge < -0.3 is 16.4 Å². The van der Waals surface area contributed by atoms with Gasteiger partial charge in [0, 0.05) is 18.2 Å². The van der Waals surface area contributed by atoms with Crippen molar-refractivity contribution < 1.29 is 5.10 Å². The smallest absolute Gasteiger partial charge is 0.256 e. The minimum absolute atomic E-state index is 0.0362. The fourth-order valence-corrected chi connectivity index (χ4v) is 2.81. The number of hydrogen-bond donors (Lipinski definition) is 3. The number of nitrogens with zero attached hydrogens (tertiary/aromatic N) is 2. The van der Waals surface area contributed by atoms with E-state index in [1.54, 1.807) is 17.6 Å². The molecule has 5 nitrogen and oxygen atoms in total. The summed E-state index contributed by atoms with van der Waals surface area (Å²) in [7, 11) is 0. The van der Waals surface area contributed by atoms with Crippen LogP contribution >= 0.6 is 11.3 Å². The topological polar surface area (TPSA) is 81.6 Å². The largest absolute Gasteiger partial charge is 0.365 e. The summed E-state index contributed by atoms with van der Waals surface area (Å²) in [5.41, 5.74) is 10.4. The summed E-state index contributed by atoms with van der Waals surface area (Å²) in [5.74, 6) is 0.0362. The van der Waals surface area contributed by atoms with Crippen LogP contribution in [0.5, 0.6) is 0 Å². The Morgan fingerprint density at radius 3 is 2.76 bits per heavy atom. The molecule has 0 amide bonds. The monoisotopic (exact) mass is 252 g/mol. The number of rotatable bonds is 3. The molecule has 6 heteroatoms. The molecule has 1 aliphatic rings. The second kappa shape index (κ2) is 5.67. The normalized spacial score (nSPS) is 16.4. The van der Waals surface area contributed by atoms with Crippen LogP contribution in [0.15, 0.2) is 17.2 Å². The van der Waals surface area contributed by atoms with Gasteiger partial charge in [0.15, 0.2) is 0 Å². The van der Waals surface area contributed by atoms with E-state index < -0.39 is 0 Å². The van der Waals surface area contributed by atoms with Gasteiger partial charge in [-0.3, -0.25) is 0 Å². The van der Waals surface area contributed by atoms with Gasteiger partial charge >= 0.3 is 0 Å². The molecule has 5 N–H and O–H groups in total. The molecule has 1 aromatic heterocycles. The zero-order valence-corrected chi connectivity index (χ0v) is 10.5. The first-order valence-electron chi connectivity index (χ1n) is 5.78. The van der Waals surface area contributed by atoms with Crippen molar-refractivity contribution in [2.45, 2.75) is 19.3 Å². The SMILES string of the molecule is NC(N)=N/[NH+]=C/c1ccc(N2CCCCC2)s1. The van der Waals surface area contributed by atoms with Gasteiger partial charge in [0.05, 0.1) is 9.88 Å². The van der Waals surface area contributed by atoms with Crippen molar-refractivity contribution >= 4 is 28.5 Å². The number of hydrogen-bond acceptors (Lipinski definition) is 3. The molecule has 0 radical (unpaired) electrons. The second-order valence-corrected chi connectivity index (χ2v) is 5.13. The summed E-state index contributed by atoms with van der Waals surface area (Å²) in [5, 5.41) is 7.75. The van der Waals surface area contributed by atoms with E-state index in [9.17, 15) is 0 Å². The Balaban J connectivity index is 2.00. The molecule has 0 saturated carbocycles. The molecule has 2 rings (SSSR count). The number of guanidine groups is 1. The summed E-state index contributed by atoms with van der Waals surface area (Å²) in [4.78, 5) is 3.56. The Kier molecular flexibility index (Phi) is 3.98. The predicted octanol–water partition coefficient (Wildman–Crippen LogP) is -0.574. The van der Waals surface area contributed by atoms with Gasteiger partial charge in [-0.05, 0) is 31.4 Å². The van der Waals surface area contributed by atoms with Crippen LogP contribution in [0.4, 0.5) is 5.00 Å². The maximum absolute atomic E-state index is 5.22. The molecule has 92 valence electrons. The standard InChI is InChI=1S/C11H17N5S/c12-11(13)15-14-8-9-4-5-10(17-9)16-6-2-1-3-7-16/h4-5,8H,1-3,6-7H2,(H4,12,13,15)/p+1/b14-8+. The number of nitrogens with one attached hydrogen (secondary N) is 1. The average Bonchev–Trinajstić information content (AvgIpc) is 2.78. The third kappa shape index (κ3) is 3.45. The van der Waals surface area contributed by atoms with Gasteiger partial charge in [-0.2, -0.15) is 0 Å². The van der Waals surface area contributed by atoms with E-state index in [2.05, 4.69) is 27.2 Å². The summed E-state index contributed by atoms with van der Waals surface area (Å²) < 4.78 is 0. The van der Waals surface area contributed by atoms with Crippen LogP contribution in [0, 0.1) is 0 Å². The zero-order valence-electron chi connectivity index (χ0n) is 9.72. The molecular formula is C11H18N5S+. The van der Waals surface area contributed by atoms with Crippen molar-refractivity contribution in [2.24, 2.45) is 16.6 Å². The highest BCUT2D eigenvalue weighted by atomic mass is 32.1. The fraction of sp³-hybridized carbons (Fsp3) is 0.455. The third-order valence-corrected chi connectivity index (χ3v) is 3.77. The van der Waals surface area contributed by atoms with Crippen LogP contribution in [0.2, 0.25) is 0 Å². The second-order valence-electron chi connectivity index (χ2n) is 4.03. The summed E-state index contributed by atoms with van der Waals surface area (Å²) in [6.07, 6.45) is 5.75. The third-order valence-electron chi connectivity index (χ3n) is 2.68. The van der Waals surface area contributed by atoms with Gasteiger partial charge in [-0.1, -0.05) is 0 Å². The number of nitrogens with two attached hydrogens (primary N) is 2. The molecular weight excluding hydrogens is 234 g/mol. The van der Waals surface area contributed by atoms with Gasteiger partial charge in [-0.15, -0.1) is 16.4 Å². The van der Waals surface area contributed by atoms with Crippen molar-refractivity contribution in [1.82, 2.24) is 0 Å². The lowest BCUT2D eigenvalue weighted by atomic mass is 10.1. The highest BCUT2D eigenvalue weighted by molar-refractivity contribution is 7.17. The number of hydrazone groups is 1. The van der Waals surface area contributed by atoms with Gasteiger partial charge in [-0.25, -0.2) is 0 Å². The van der Waals surface area contributed by atoms with E-state index in [0.29, 0.717) is 0 Å². The molecule has 1 aliphatic heterocycles. The minimum Gasteiger partial charge on any atom is -0.365 e. The molecule has 0 atom stereocenters. The zero-order chi connectivity index (χ0) is 12.1. The Morgan fingerprint density at radius 1 is 1.29 bits per heavy atom. The van der Waals surface area contributed by atoms with E-state index >= 15 is 0 Å². The Bertz CT molecular complexity index is 413. The molecule has 1 saturated heterocycles. The highest BCUT2D eigenvalue weighted by Crippen LogP contribution is 2.27. The van der Waals surface area contributed by atoms with E-state index in [0.717, 1.165) is 4.88 Å². The summed E-state index contributed by atoms with van der Waals surface area (Å²) in [6, 6.07) is 4.23. The Labute approximate surface area is 105 Å². The molecule has 17 heavy (non-hydrogen) atoms. The molecule has 2 heterocycles. The lowest BCUT2D eigenvalue weighted by molar-refractivity contribution is -0.456. The molecule has 0 spiro atoms. The Hall–Kier alpha value is -1.56. The van der Waals surface area contributed by atoms with Crippen molar-refractivity contribution in [3.8, 4) is 0 Å². The van der Waals surface area contributed by atoms with Gasteiger partial charge in [0.1, 0.15) is 0 Å². The van der Waals surface area contributed by atoms with Crippen molar-refractivity contribution in [3.63, 3.8) is 0 Å². The number of thiophene rings is 1. The molecule has 0 bridgehead atoms. The minimum atomic E-state index is 0.0362. The summed E-state index contributed by atoms with van der Waals surface area (Å²) >= 11 is 1.75. The van der Waals surface area contributed by atoms with Crippen LogP contribution in [-0.2, 0) is 0 Å². The molecule has 0 unspecified atom stereocenters. The average molecular weight is 252 g/mol. The first-order chi connectivity index (χ1) is 8.25. The highest BCUT2D eigenvalue weighted by Gasteiger charge is 2.12. The lowest BCUT2D eigenvalue weighted by Gasteiger charge is -2.26. The van der Waals surface area contributed by atoms with Gasteiger partial charge in [0.25, 0.3) is 5.96 Å². The molecule has 1 aromatic rings.